The molecule has 0 fully saturated rings. The molecule has 0 radical (unpaired) electrons. The molecule has 0 saturated heterocycles. The number of nitrogens with zero attached hydrogens (tertiary/aromatic N) is 2. The van der Waals surface area contributed by atoms with Crippen LogP contribution in [0.25, 0.3) is 0 Å². The number of aryl methyl sites for hydroxylation is 3. The van der Waals surface area contributed by atoms with Crippen LogP contribution in [-0.4, -0.2) is 10.9 Å². The van der Waals surface area contributed by atoms with Crippen LogP contribution in [0.15, 0.2) is 67.0 Å². The highest BCUT2D eigenvalue weighted by Crippen LogP contribution is 2.28. The first-order valence-electron chi connectivity index (χ1n) is 8.40. The molecule has 0 bridgehead atoms. The third kappa shape index (κ3) is 3.61. The molecule has 1 heterocycles. The van der Waals surface area contributed by atoms with E-state index in [4.69, 9.17) is 0 Å². The van der Waals surface area contributed by atoms with Gasteiger partial charge in [-0.1, -0.05) is 48.5 Å². The second kappa shape index (κ2) is 7.31. The van der Waals surface area contributed by atoms with Crippen LogP contribution in [0.3, 0.4) is 0 Å². The minimum Gasteiger partial charge on any atom is -0.303 e. The zero-order chi connectivity index (χ0) is 17.8. The van der Waals surface area contributed by atoms with E-state index in [-0.39, 0.29) is 5.91 Å². The number of carbonyl (C=O) groups excluding carboxylic acids is 1. The van der Waals surface area contributed by atoms with Gasteiger partial charge in [-0.3, -0.25) is 9.78 Å². The van der Waals surface area contributed by atoms with Crippen LogP contribution in [0.2, 0.25) is 0 Å². The summed E-state index contributed by atoms with van der Waals surface area (Å²) >= 11 is 0. The number of hydrogen-bond acceptors (Lipinski definition) is 2. The van der Waals surface area contributed by atoms with E-state index in [1.165, 1.54) is 0 Å². The molecule has 0 saturated carbocycles. The second-order valence-electron chi connectivity index (χ2n) is 6.31. The van der Waals surface area contributed by atoms with Crippen molar-refractivity contribution in [2.24, 2.45) is 0 Å². The van der Waals surface area contributed by atoms with E-state index >= 15 is 0 Å². The lowest BCUT2D eigenvalue weighted by molar-refractivity contribution is 0.0984. The molecule has 3 aromatic rings. The van der Waals surface area contributed by atoms with Crippen molar-refractivity contribution in [1.82, 2.24) is 4.98 Å². The van der Waals surface area contributed by atoms with Crippen molar-refractivity contribution < 1.29 is 4.79 Å². The highest BCUT2D eigenvalue weighted by molar-refractivity contribution is 6.07. The SMILES string of the molecule is Cc1cnccc1C(=O)N(Cc1ccccc1)c1c(C)cccc1C. The molecule has 25 heavy (non-hydrogen) atoms. The average Bonchev–Trinajstić information content (AvgIpc) is 2.61. The van der Waals surface area contributed by atoms with Gasteiger partial charge >= 0.3 is 0 Å². The molecule has 0 aliphatic carbocycles. The molecule has 1 aromatic heterocycles. The number of amides is 1. The van der Waals surface area contributed by atoms with E-state index in [0.29, 0.717) is 12.1 Å². The normalized spacial score (nSPS) is 10.5. The Bertz CT molecular complexity index is 867. The van der Waals surface area contributed by atoms with Crippen LogP contribution in [0.1, 0.15) is 32.6 Å². The Labute approximate surface area is 149 Å². The molecule has 0 unspecified atom stereocenters. The number of hydrogen-bond donors (Lipinski definition) is 0. The van der Waals surface area contributed by atoms with E-state index in [9.17, 15) is 4.79 Å². The van der Waals surface area contributed by atoms with E-state index in [1.54, 1.807) is 18.5 Å². The smallest absolute Gasteiger partial charge is 0.258 e. The maximum absolute atomic E-state index is 13.4. The van der Waals surface area contributed by atoms with Gasteiger partial charge in [0.1, 0.15) is 0 Å². The number of para-hydroxylation sites is 1. The predicted octanol–water partition coefficient (Wildman–Crippen LogP) is 4.85. The van der Waals surface area contributed by atoms with Crippen LogP contribution in [0, 0.1) is 20.8 Å². The predicted molar refractivity (Wildman–Crippen MR) is 102 cm³/mol. The summed E-state index contributed by atoms with van der Waals surface area (Å²) in [6, 6.07) is 18.0. The summed E-state index contributed by atoms with van der Waals surface area (Å²) < 4.78 is 0. The quantitative estimate of drug-likeness (QED) is 0.685. The van der Waals surface area contributed by atoms with Gasteiger partial charge in [-0.05, 0) is 49.1 Å². The zero-order valence-electron chi connectivity index (χ0n) is 14.9. The number of aromatic nitrogens is 1. The minimum absolute atomic E-state index is 0.00107. The Morgan fingerprint density at radius 1 is 0.880 bits per heavy atom. The fourth-order valence-electron chi connectivity index (χ4n) is 3.11. The zero-order valence-corrected chi connectivity index (χ0v) is 14.9. The minimum atomic E-state index is 0.00107. The van der Waals surface area contributed by atoms with Crippen molar-refractivity contribution >= 4 is 11.6 Å². The molecule has 0 N–H and O–H groups in total. The third-order valence-corrected chi connectivity index (χ3v) is 4.39. The van der Waals surface area contributed by atoms with Gasteiger partial charge in [-0.25, -0.2) is 0 Å². The fraction of sp³-hybridized carbons (Fsp3) is 0.182. The lowest BCUT2D eigenvalue weighted by atomic mass is 10.0. The molecule has 3 rings (SSSR count). The van der Waals surface area contributed by atoms with Gasteiger partial charge in [0.25, 0.3) is 5.91 Å². The number of carbonyl (C=O) groups is 1. The van der Waals surface area contributed by atoms with Crippen LogP contribution >= 0.6 is 0 Å². The van der Waals surface area contributed by atoms with Crippen molar-refractivity contribution in [2.45, 2.75) is 27.3 Å². The summed E-state index contributed by atoms with van der Waals surface area (Å²) in [5.41, 5.74) is 5.84. The molecule has 3 heteroatoms. The molecule has 1 amide bonds. The second-order valence-corrected chi connectivity index (χ2v) is 6.31. The van der Waals surface area contributed by atoms with Gasteiger partial charge in [-0.2, -0.15) is 0 Å². The van der Waals surface area contributed by atoms with Gasteiger partial charge in [0.2, 0.25) is 0 Å². The van der Waals surface area contributed by atoms with Crippen LogP contribution in [-0.2, 0) is 6.54 Å². The Hall–Kier alpha value is -2.94. The number of benzene rings is 2. The van der Waals surface area contributed by atoms with Gasteiger partial charge < -0.3 is 4.90 Å². The third-order valence-electron chi connectivity index (χ3n) is 4.39. The Balaban J connectivity index is 2.09. The standard InChI is InChI=1S/C22H22N2O/c1-16-8-7-9-17(2)21(16)24(15-19-10-5-4-6-11-19)22(25)20-12-13-23-14-18(20)3/h4-14H,15H2,1-3H3. The molecule has 2 aromatic carbocycles. The highest BCUT2D eigenvalue weighted by atomic mass is 16.2. The van der Waals surface area contributed by atoms with Crippen molar-refractivity contribution in [3.8, 4) is 0 Å². The monoisotopic (exact) mass is 330 g/mol. The maximum atomic E-state index is 13.4. The summed E-state index contributed by atoms with van der Waals surface area (Å²) in [6.07, 6.45) is 3.41. The lowest BCUT2D eigenvalue weighted by Crippen LogP contribution is -2.32. The number of rotatable bonds is 4. The number of pyridine rings is 1. The van der Waals surface area contributed by atoms with E-state index < -0.39 is 0 Å². The molecule has 0 aliphatic rings. The molecule has 0 atom stereocenters. The van der Waals surface area contributed by atoms with Gasteiger partial charge in [0, 0.05) is 18.0 Å². The van der Waals surface area contributed by atoms with Crippen LogP contribution in [0.5, 0.6) is 0 Å². The Morgan fingerprint density at radius 3 is 2.20 bits per heavy atom. The molecular weight excluding hydrogens is 308 g/mol. The Morgan fingerprint density at radius 2 is 1.56 bits per heavy atom. The van der Waals surface area contributed by atoms with Crippen molar-refractivity contribution in [2.75, 3.05) is 4.90 Å². The van der Waals surface area contributed by atoms with Gasteiger partial charge in [0.05, 0.1) is 12.2 Å². The first-order chi connectivity index (χ1) is 12.1. The maximum Gasteiger partial charge on any atom is 0.258 e. The topological polar surface area (TPSA) is 33.2 Å². The van der Waals surface area contributed by atoms with Gasteiger partial charge in [-0.15, -0.1) is 0 Å². The molecule has 0 spiro atoms. The first-order valence-corrected chi connectivity index (χ1v) is 8.40. The summed E-state index contributed by atoms with van der Waals surface area (Å²) in [6.45, 7) is 6.55. The summed E-state index contributed by atoms with van der Waals surface area (Å²) in [7, 11) is 0. The molecule has 126 valence electrons. The lowest BCUT2D eigenvalue weighted by Gasteiger charge is -2.27. The van der Waals surface area contributed by atoms with E-state index in [0.717, 1.165) is 27.9 Å². The number of anilines is 1. The Kier molecular flexibility index (Phi) is 4.94. The van der Waals surface area contributed by atoms with Crippen molar-refractivity contribution in [1.29, 1.82) is 0 Å². The summed E-state index contributed by atoms with van der Waals surface area (Å²) in [5.74, 6) is 0.00107. The van der Waals surface area contributed by atoms with Crippen LogP contribution < -0.4 is 4.90 Å². The molecule has 3 nitrogen and oxygen atoms in total. The van der Waals surface area contributed by atoms with Crippen molar-refractivity contribution in [3.05, 3.63) is 94.8 Å². The molecule has 0 aliphatic heterocycles. The van der Waals surface area contributed by atoms with E-state index in [2.05, 4.69) is 4.98 Å². The molecular formula is C22H22N2O. The first kappa shape index (κ1) is 16.9. The van der Waals surface area contributed by atoms with Gasteiger partial charge in [0.15, 0.2) is 0 Å². The van der Waals surface area contributed by atoms with Crippen molar-refractivity contribution in [3.63, 3.8) is 0 Å². The summed E-state index contributed by atoms with van der Waals surface area (Å²) in [5, 5.41) is 0. The largest absolute Gasteiger partial charge is 0.303 e. The average molecular weight is 330 g/mol. The summed E-state index contributed by atoms with van der Waals surface area (Å²) in [4.78, 5) is 19.4. The van der Waals surface area contributed by atoms with Crippen LogP contribution in [0.4, 0.5) is 5.69 Å². The highest BCUT2D eigenvalue weighted by Gasteiger charge is 2.22. The fourth-order valence-corrected chi connectivity index (χ4v) is 3.11. The van der Waals surface area contributed by atoms with E-state index in [1.807, 2.05) is 74.2 Å².